The van der Waals surface area contributed by atoms with E-state index in [1.165, 1.54) is 4.57 Å². The number of hydrogen-bond donors (Lipinski definition) is 2. The normalized spacial score (nSPS) is 26.7. The number of likely N-dealkylation sites (tertiary alicyclic amines) is 1. The molecule has 6 heteroatoms. The van der Waals surface area contributed by atoms with Crippen molar-refractivity contribution in [3.63, 3.8) is 0 Å². The SMILES string of the molecule is CC(C)N1CC2C(C1)C2NC(=O)c1cn(C)c(=O)c2[nH]ccc12. The zero-order chi connectivity index (χ0) is 16.3. The number of pyridine rings is 1. The molecule has 23 heavy (non-hydrogen) atoms. The number of nitrogens with zero attached hydrogens (tertiary/aromatic N) is 2. The molecular weight excluding hydrogens is 292 g/mol. The minimum Gasteiger partial charge on any atom is -0.357 e. The topological polar surface area (TPSA) is 70.1 Å². The van der Waals surface area contributed by atoms with E-state index in [2.05, 4.69) is 29.0 Å². The predicted molar refractivity (Wildman–Crippen MR) is 88.5 cm³/mol. The van der Waals surface area contributed by atoms with E-state index in [0.29, 0.717) is 34.3 Å². The quantitative estimate of drug-likeness (QED) is 0.885. The largest absolute Gasteiger partial charge is 0.357 e. The van der Waals surface area contributed by atoms with E-state index in [1.54, 1.807) is 25.5 Å². The first kappa shape index (κ1) is 14.5. The molecule has 122 valence electrons. The van der Waals surface area contributed by atoms with Gasteiger partial charge in [0.15, 0.2) is 0 Å². The first-order valence-corrected chi connectivity index (χ1v) is 8.19. The van der Waals surface area contributed by atoms with Gasteiger partial charge in [0.25, 0.3) is 11.5 Å². The molecule has 0 bridgehead atoms. The highest BCUT2D eigenvalue weighted by atomic mass is 16.2. The second-order valence-electron chi connectivity index (χ2n) is 7.10. The van der Waals surface area contributed by atoms with E-state index in [0.717, 1.165) is 13.1 Å². The molecule has 0 radical (unpaired) electrons. The lowest BCUT2D eigenvalue weighted by molar-refractivity contribution is 0.0942. The maximum absolute atomic E-state index is 12.7. The average Bonchev–Trinajstić information content (AvgIpc) is 2.93. The number of rotatable bonds is 3. The third-order valence-electron chi connectivity index (χ3n) is 5.39. The maximum atomic E-state index is 12.7. The number of fused-ring (bicyclic) bond motifs is 2. The Morgan fingerprint density at radius 1 is 1.35 bits per heavy atom. The molecule has 2 unspecified atom stereocenters. The van der Waals surface area contributed by atoms with Gasteiger partial charge < -0.3 is 19.8 Å². The molecule has 2 aromatic rings. The molecule has 2 aromatic heterocycles. The lowest BCUT2D eigenvalue weighted by Crippen LogP contribution is -2.37. The van der Waals surface area contributed by atoms with Gasteiger partial charge in [0.05, 0.1) is 5.56 Å². The molecule has 6 nitrogen and oxygen atoms in total. The fraction of sp³-hybridized carbons (Fsp3) is 0.529. The van der Waals surface area contributed by atoms with Gasteiger partial charge in [-0.1, -0.05) is 0 Å². The van der Waals surface area contributed by atoms with Crippen LogP contribution >= 0.6 is 0 Å². The zero-order valence-electron chi connectivity index (χ0n) is 13.7. The number of carbonyl (C=O) groups excluding carboxylic acids is 1. The van der Waals surface area contributed by atoms with Crippen LogP contribution in [0.5, 0.6) is 0 Å². The molecule has 3 heterocycles. The fourth-order valence-electron chi connectivity index (χ4n) is 3.87. The van der Waals surface area contributed by atoms with Gasteiger partial charge in [-0.3, -0.25) is 9.59 Å². The van der Waals surface area contributed by atoms with Gasteiger partial charge in [-0.2, -0.15) is 0 Å². The van der Waals surface area contributed by atoms with Crippen LogP contribution in [0.25, 0.3) is 10.9 Å². The van der Waals surface area contributed by atoms with Crippen LogP contribution in [-0.4, -0.2) is 45.5 Å². The number of nitrogens with one attached hydrogen (secondary N) is 2. The summed E-state index contributed by atoms with van der Waals surface area (Å²) in [6, 6.07) is 2.64. The Morgan fingerprint density at radius 3 is 2.70 bits per heavy atom. The van der Waals surface area contributed by atoms with Crippen molar-refractivity contribution in [2.45, 2.75) is 25.9 Å². The van der Waals surface area contributed by atoms with E-state index < -0.39 is 0 Å². The summed E-state index contributed by atoms with van der Waals surface area (Å²) in [6.07, 6.45) is 3.33. The molecule has 0 aromatic carbocycles. The van der Waals surface area contributed by atoms with Crippen molar-refractivity contribution in [2.75, 3.05) is 13.1 Å². The number of H-pyrrole nitrogens is 1. The van der Waals surface area contributed by atoms with Crippen molar-refractivity contribution in [3.8, 4) is 0 Å². The number of aromatic amines is 1. The number of aromatic nitrogens is 2. The van der Waals surface area contributed by atoms with Gasteiger partial charge in [-0.05, 0) is 31.7 Å². The smallest absolute Gasteiger partial charge is 0.274 e. The minimum absolute atomic E-state index is 0.0827. The molecule has 2 atom stereocenters. The Hall–Kier alpha value is -2.08. The third kappa shape index (κ3) is 2.20. The van der Waals surface area contributed by atoms with E-state index in [9.17, 15) is 9.59 Å². The molecule has 1 saturated heterocycles. The molecule has 1 amide bonds. The third-order valence-corrected chi connectivity index (χ3v) is 5.39. The molecule has 2 aliphatic rings. The van der Waals surface area contributed by atoms with Gasteiger partial charge in [0.2, 0.25) is 0 Å². The summed E-state index contributed by atoms with van der Waals surface area (Å²) in [5.41, 5.74) is 0.938. The van der Waals surface area contributed by atoms with Crippen LogP contribution in [0.1, 0.15) is 24.2 Å². The standard InChI is InChI=1S/C17H22N4O2/c1-9(2)21-7-11-12(8-21)14(11)19-16(22)13-6-20(3)17(23)15-10(13)4-5-18-15/h4-6,9,11-12,14,18H,7-8H2,1-3H3,(H,19,22). The average molecular weight is 314 g/mol. The summed E-state index contributed by atoms with van der Waals surface area (Å²) in [5.74, 6) is 1.08. The van der Waals surface area contributed by atoms with Crippen LogP contribution < -0.4 is 10.9 Å². The summed E-state index contributed by atoms with van der Waals surface area (Å²) < 4.78 is 1.46. The zero-order valence-corrected chi connectivity index (χ0v) is 13.7. The summed E-state index contributed by atoms with van der Waals surface area (Å²) >= 11 is 0. The maximum Gasteiger partial charge on any atom is 0.274 e. The number of aryl methyl sites for hydroxylation is 1. The van der Waals surface area contributed by atoms with Gasteiger partial charge in [0.1, 0.15) is 5.52 Å². The lowest BCUT2D eigenvalue weighted by atomic mass is 10.1. The molecule has 1 aliphatic heterocycles. The predicted octanol–water partition coefficient (Wildman–Crippen LogP) is 0.935. The van der Waals surface area contributed by atoms with Crippen LogP contribution in [0.15, 0.2) is 23.3 Å². The van der Waals surface area contributed by atoms with E-state index >= 15 is 0 Å². The second-order valence-corrected chi connectivity index (χ2v) is 7.10. The van der Waals surface area contributed by atoms with Gasteiger partial charge >= 0.3 is 0 Å². The summed E-state index contributed by atoms with van der Waals surface area (Å²) in [6.45, 7) is 6.57. The van der Waals surface area contributed by atoms with E-state index in [-0.39, 0.29) is 17.5 Å². The Kier molecular flexibility index (Phi) is 3.13. The van der Waals surface area contributed by atoms with Crippen LogP contribution in [0.3, 0.4) is 0 Å². The molecule has 1 aliphatic carbocycles. The van der Waals surface area contributed by atoms with Crippen molar-refractivity contribution in [1.82, 2.24) is 19.8 Å². The molecule has 1 saturated carbocycles. The van der Waals surface area contributed by atoms with Crippen molar-refractivity contribution in [3.05, 3.63) is 34.4 Å². The van der Waals surface area contributed by atoms with Crippen LogP contribution in [0, 0.1) is 11.8 Å². The minimum atomic E-state index is -0.114. The molecular formula is C17H22N4O2. The Labute approximate surface area is 134 Å². The van der Waals surface area contributed by atoms with Crippen LogP contribution in [-0.2, 0) is 7.05 Å². The monoisotopic (exact) mass is 314 g/mol. The molecule has 2 N–H and O–H groups in total. The molecule has 2 fully saturated rings. The van der Waals surface area contributed by atoms with Crippen molar-refractivity contribution in [1.29, 1.82) is 0 Å². The molecule has 0 spiro atoms. The number of piperidine rings is 1. The van der Waals surface area contributed by atoms with Gasteiger partial charge in [-0.15, -0.1) is 0 Å². The Balaban J connectivity index is 1.53. The van der Waals surface area contributed by atoms with E-state index in [1.807, 2.05) is 0 Å². The highest BCUT2D eigenvalue weighted by Crippen LogP contribution is 2.46. The van der Waals surface area contributed by atoms with Crippen molar-refractivity contribution < 1.29 is 4.79 Å². The first-order valence-electron chi connectivity index (χ1n) is 8.19. The number of hydrogen-bond acceptors (Lipinski definition) is 3. The summed E-state index contributed by atoms with van der Waals surface area (Å²) in [4.78, 5) is 30.1. The lowest BCUT2D eigenvalue weighted by Gasteiger charge is -2.23. The molecule has 4 rings (SSSR count). The summed E-state index contributed by atoms with van der Waals surface area (Å²) in [7, 11) is 1.67. The second kappa shape index (κ2) is 4.96. The van der Waals surface area contributed by atoms with Gasteiger partial charge in [0, 0.05) is 50.0 Å². The van der Waals surface area contributed by atoms with Crippen molar-refractivity contribution in [2.24, 2.45) is 18.9 Å². The highest BCUT2D eigenvalue weighted by Gasteiger charge is 2.56. The fourth-order valence-corrected chi connectivity index (χ4v) is 3.87. The highest BCUT2D eigenvalue weighted by molar-refractivity contribution is 6.06. The summed E-state index contributed by atoms with van der Waals surface area (Å²) in [5, 5.41) is 3.86. The van der Waals surface area contributed by atoms with E-state index in [4.69, 9.17) is 0 Å². The first-order chi connectivity index (χ1) is 11.0. The number of amides is 1. The van der Waals surface area contributed by atoms with Crippen LogP contribution in [0.2, 0.25) is 0 Å². The Bertz CT molecular complexity index is 823. The number of carbonyl (C=O) groups is 1. The van der Waals surface area contributed by atoms with Crippen LogP contribution in [0.4, 0.5) is 0 Å². The van der Waals surface area contributed by atoms with Gasteiger partial charge in [-0.25, -0.2) is 0 Å². The van der Waals surface area contributed by atoms with Crippen molar-refractivity contribution >= 4 is 16.8 Å². The Morgan fingerprint density at radius 2 is 2.04 bits per heavy atom.